The lowest BCUT2D eigenvalue weighted by molar-refractivity contribution is -0.0248. The van der Waals surface area contributed by atoms with E-state index in [1.54, 1.807) is 18.3 Å². The zero-order valence-corrected chi connectivity index (χ0v) is 8.65. The molecule has 86 valence electrons. The molecule has 0 unspecified atom stereocenters. The summed E-state index contributed by atoms with van der Waals surface area (Å²) in [6, 6.07) is 3.54. The van der Waals surface area contributed by atoms with E-state index < -0.39 is 12.2 Å². The molecule has 0 amide bonds. The van der Waals surface area contributed by atoms with Crippen molar-refractivity contribution in [2.75, 3.05) is 0 Å². The number of hydrogen-bond donors (Lipinski definition) is 0. The highest BCUT2D eigenvalue weighted by Gasteiger charge is 2.15. The van der Waals surface area contributed by atoms with Crippen LogP contribution in [0.2, 0.25) is 0 Å². The average Bonchev–Trinajstić information content (AvgIpc) is 3.00. The van der Waals surface area contributed by atoms with E-state index >= 15 is 0 Å². The van der Waals surface area contributed by atoms with Crippen LogP contribution in [0.1, 0.15) is 11.9 Å². The third kappa shape index (κ3) is 1.84. The van der Waals surface area contributed by atoms with Gasteiger partial charge < -0.3 is 9.47 Å². The van der Waals surface area contributed by atoms with Gasteiger partial charge in [0.25, 0.3) is 6.29 Å². The number of pyridine rings is 1. The van der Waals surface area contributed by atoms with Crippen molar-refractivity contribution in [2.45, 2.75) is 6.29 Å². The van der Waals surface area contributed by atoms with Crippen molar-refractivity contribution in [1.29, 1.82) is 0 Å². The van der Waals surface area contributed by atoms with Gasteiger partial charge in [-0.15, -0.1) is 0 Å². The molecule has 0 saturated heterocycles. The summed E-state index contributed by atoms with van der Waals surface area (Å²) >= 11 is 0. The van der Waals surface area contributed by atoms with Gasteiger partial charge in [0.05, 0.1) is 11.8 Å². The summed E-state index contributed by atoms with van der Waals surface area (Å²) in [6.45, 7) is 0. The van der Waals surface area contributed by atoms with Crippen LogP contribution in [0.3, 0.4) is 0 Å². The molecule has 1 aliphatic rings. The highest BCUT2D eigenvalue weighted by Crippen LogP contribution is 2.23. The predicted octanol–water partition coefficient (Wildman–Crippen LogP) is 1.92. The number of halogens is 1. The first-order valence-electron chi connectivity index (χ1n) is 4.95. The van der Waals surface area contributed by atoms with Gasteiger partial charge in [-0.3, -0.25) is 4.57 Å². The number of imidazole rings is 1. The minimum absolute atomic E-state index is 0.448. The number of ether oxygens (including phenoxy) is 2. The third-order valence-corrected chi connectivity index (χ3v) is 2.32. The summed E-state index contributed by atoms with van der Waals surface area (Å²) in [6.07, 6.45) is 6.74. The third-order valence-electron chi connectivity index (χ3n) is 2.32. The Balaban J connectivity index is 1.84. The Morgan fingerprint density at radius 1 is 1.18 bits per heavy atom. The van der Waals surface area contributed by atoms with Gasteiger partial charge in [0.1, 0.15) is 24.7 Å². The zero-order valence-electron chi connectivity index (χ0n) is 8.65. The van der Waals surface area contributed by atoms with E-state index in [2.05, 4.69) is 9.97 Å². The lowest BCUT2D eigenvalue weighted by Crippen LogP contribution is -2.00. The van der Waals surface area contributed by atoms with E-state index in [9.17, 15) is 4.39 Å². The van der Waals surface area contributed by atoms with E-state index in [-0.39, 0.29) is 0 Å². The van der Waals surface area contributed by atoms with Gasteiger partial charge in [-0.05, 0) is 12.1 Å². The maximum absolute atomic E-state index is 12.7. The number of rotatable bonds is 2. The lowest BCUT2D eigenvalue weighted by atomic mass is 10.3. The zero-order chi connectivity index (χ0) is 11.7. The molecule has 0 N–H and O–H groups in total. The van der Waals surface area contributed by atoms with Gasteiger partial charge in [-0.1, -0.05) is 0 Å². The van der Waals surface area contributed by atoms with Gasteiger partial charge >= 0.3 is 0 Å². The van der Waals surface area contributed by atoms with Crippen molar-refractivity contribution in [3.05, 3.63) is 54.9 Å². The Morgan fingerprint density at radius 2 is 2.00 bits per heavy atom. The normalized spacial score (nSPS) is 14.6. The van der Waals surface area contributed by atoms with Gasteiger partial charge in [0.15, 0.2) is 0 Å². The monoisotopic (exact) mass is 233 g/mol. The molecule has 0 spiro atoms. The van der Waals surface area contributed by atoms with Gasteiger partial charge in [0.2, 0.25) is 5.95 Å². The molecule has 0 fully saturated rings. The van der Waals surface area contributed by atoms with Gasteiger partial charge in [-0.2, -0.15) is 4.39 Å². The number of hydrogen-bond acceptors (Lipinski definition) is 4. The number of aromatic nitrogens is 3. The van der Waals surface area contributed by atoms with Crippen molar-refractivity contribution in [2.24, 2.45) is 0 Å². The molecular weight excluding hydrogens is 225 g/mol. The van der Waals surface area contributed by atoms with Crippen LogP contribution >= 0.6 is 0 Å². The standard InChI is InChI=1S/C11H8FN3O2/c12-9-6-15(7-14-9)10-2-1-8(5-13-10)11-16-3-4-17-11/h1-7,11H. The van der Waals surface area contributed by atoms with Gasteiger partial charge in [0, 0.05) is 6.20 Å². The second-order valence-electron chi connectivity index (χ2n) is 3.43. The topological polar surface area (TPSA) is 49.2 Å². The first-order chi connectivity index (χ1) is 8.33. The average molecular weight is 233 g/mol. The van der Waals surface area contributed by atoms with E-state index in [1.165, 1.54) is 29.6 Å². The molecule has 1 aliphatic heterocycles. The van der Waals surface area contributed by atoms with Crippen LogP contribution in [0.25, 0.3) is 5.82 Å². The summed E-state index contributed by atoms with van der Waals surface area (Å²) < 4.78 is 24.6. The van der Waals surface area contributed by atoms with Crippen LogP contribution in [0.15, 0.2) is 43.4 Å². The highest BCUT2D eigenvalue weighted by atomic mass is 19.1. The second-order valence-corrected chi connectivity index (χ2v) is 3.43. The molecule has 5 nitrogen and oxygen atoms in total. The summed E-state index contributed by atoms with van der Waals surface area (Å²) in [7, 11) is 0. The quantitative estimate of drug-likeness (QED) is 0.795. The molecule has 3 rings (SSSR count). The first-order valence-corrected chi connectivity index (χ1v) is 4.95. The van der Waals surface area contributed by atoms with Crippen molar-refractivity contribution in [3.63, 3.8) is 0 Å². The van der Waals surface area contributed by atoms with Crippen molar-refractivity contribution < 1.29 is 13.9 Å². The highest BCUT2D eigenvalue weighted by molar-refractivity contribution is 5.26. The smallest absolute Gasteiger partial charge is 0.267 e. The summed E-state index contributed by atoms with van der Waals surface area (Å²) in [5, 5.41) is 0. The fourth-order valence-corrected chi connectivity index (χ4v) is 1.51. The molecule has 2 aromatic rings. The van der Waals surface area contributed by atoms with Crippen LogP contribution in [-0.4, -0.2) is 14.5 Å². The van der Waals surface area contributed by atoms with E-state index in [0.29, 0.717) is 5.82 Å². The maximum Gasteiger partial charge on any atom is 0.267 e. The van der Waals surface area contributed by atoms with Crippen molar-refractivity contribution in [1.82, 2.24) is 14.5 Å². The van der Waals surface area contributed by atoms with E-state index in [0.717, 1.165) is 5.56 Å². The molecule has 0 aliphatic carbocycles. The Kier molecular flexibility index (Phi) is 2.25. The van der Waals surface area contributed by atoms with Crippen LogP contribution in [0.4, 0.5) is 4.39 Å². The summed E-state index contributed by atoms with van der Waals surface area (Å²) in [4.78, 5) is 7.67. The molecule has 0 bridgehead atoms. The summed E-state index contributed by atoms with van der Waals surface area (Å²) in [5.41, 5.74) is 0.791. The predicted molar refractivity (Wildman–Crippen MR) is 55.4 cm³/mol. The maximum atomic E-state index is 12.7. The fourth-order valence-electron chi connectivity index (χ4n) is 1.51. The van der Waals surface area contributed by atoms with Crippen LogP contribution < -0.4 is 0 Å². The minimum Gasteiger partial charge on any atom is -0.455 e. The molecule has 0 saturated carbocycles. The molecule has 17 heavy (non-hydrogen) atoms. The Labute approximate surface area is 96.1 Å². The molecule has 0 atom stereocenters. The van der Waals surface area contributed by atoms with E-state index in [4.69, 9.17) is 9.47 Å². The molecule has 3 heterocycles. The molecule has 0 aromatic carbocycles. The van der Waals surface area contributed by atoms with Crippen LogP contribution in [-0.2, 0) is 9.47 Å². The lowest BCUT2D eigenvalue weighted by Gasteiger charge is -2.10. The van der Waals surface area contributed by atoms with Crippen molar-refractivity contribution >= 4 is 0 Å². The molecule has 2 aromatic heterocycles. The Morgan fingerprint density at radius 3 is 2.59 bits per heavy atom. The second kappa shape index (κ2) is 3.89. The molecular formula is C11H8FN3O2. The fraction of sp³-hybridized carbons (Fsp3) is 0.0909. The molecule has 0 radical (unpaired) electrons. The van der Waals surface area contributed by atoms with Crippen LogP contribution in [0, 0.1) is 5.95 Å². The van der Waals surface area contributed by atoms with Gasteiger partial charge in [-0.25, -0.2) is 9.97 Å². The van der Waals surface area contributed by atoms with E-state index in [1.807, 2.05) is 0 Å². The Bertz CT molecular complexity index is 542. The summed E-state index contributed by atoms with van der Waals surface area (Å²) in [5.74, 6) is 0.0404. The first kappa shape index (κ1) is 9.83. The largest absolute Gasteiger partial charge is 0.455 e. The molecule has 6 heteroatoms. The number of nitrogens with zero attached hydrogens (tertiary/aromatic N) is 3. The Hall–Kier alpha value is -2.37. The SMILES string of the molecule is Fc1cn(-c2ccc(C3OC=CO3)cn2)cn1. The van der Waals surface area contributed by atoms with Crippen LogP contribution in [0.5, 0.6) is 0 Å². The van der Waals surface area contributed by atoms with Crippen molar-refractivity contribution in [3.8, 4) is 5.82 Å². The minimum atomic E-state index is -0.539.